The number of nitrogen functional groups attached to an aromatic ring is 1. The number of carbonyl (C=O) groups is 1. The first-order valence-electron chi connectivity index (χ1n) is 10.7. The molecule has 1 aliphatic rings. The zero-order chi connectivity index (χ0) is 22.7. The molecule has 1 aromatic carbocycles. The Hall–Kier alpha value is -3.81. The Morgan fingerprint density at radius 1 is 1.25 bits per heavy atom. The molecule has 4 rings (SSSR count). The van der Waals surface area contributed by atoms with Gasteiger partial charge in [0.15, 0.2) is 0 Å². The van der Waals surface area contributed by atoms with Gasteiger partial charge in [-0.3, -0.25) is 9.78 Å². The maximum atomic E-state index is 12.1. The Kier molecular flexibility index (Phi) is 6.11. The van der Waals surface area contributed by atoms with Crippen LogP contribution in [0.5, 0.6) is 0 Å². The van der Waals surface area contributed by atoms with Crippen molar-refractivity contribution in [3.63, 3.8) is 0 Å². The first-order chi connectivity index (χ1) is 15.5. The number of benzene rings is 1. The van der Waals surface area contributed by atoms with E-state index in [0.29, 0.717) is 35.1 Å². The lowest BCUT2D eigenvalue weighted by Crippen LogP contribution is -2.44. The fraction of sp³-hybridized carbons (Fsp3) is 0.292. The van der Waals surface area contributed by atoms with Gasteiger partial charge in [0, 0.05) is 66.9 Å². The average molecular weight is 430 g/mol. The van der Waals surface area contributed by atoms with Crippen molar-refractivity contribution in [1.82, 2.24) is 19.9 Å². The number of aromatic nitrogens is 3. The molecule has 8 heteroatoms. The van der Waals surface area contributed by atoms with Gasteiger partial charge < -0.3 is 21.4 Å². The molecule has 0 saturated carbocycles. The zero-order valence-electron chi connectivity index (χ0n) is 18.2. The van der Waals surface area contributed by atoms with Crippen molar-refractivity contribution < 1.29 is 4.79 Å². The first kappa shape index (κ1) is 21.4. The SMILES string of the molecule is CC(=O)N1C[C@H](c2nc(Nc3cccc(N)c3C=N)cc(-c3cccnc3)n2)CC[C@@H]1C. The predicted octanol–water partition coefficient (Wildman–Crippen LogP) is 3.98. The van der Waals surface area contributed by atoms with Crippen LogP contribution in [0.3, 0.4) is 0 Å². The number of carbonyl (C=O) groups excluding carboxylic acids is 1. The maximum Gasteiger partial charge on any atom is 0.219 e. The van der Waals surface area contributed by atoms with E-state index < -0.39 is 0 Å². The predicted molar refractivity (Wildman–Crippen MR) is 126 cm³/mol. The molecule has 4 N–H and O–H groups in total. The molecule has 164 valence electrons. The highest BCUT2D eigenvalue weighted by Gasteiger charge is 2.30. The highest BCUT2D eigenvalue weighted by atomic mass is 16.2. The van der Waals surface area contributed by atoms with Crippen molar-refractivity contribution in [2.75, 3.05) is 17.6 Å². The van der Waals surface area contributed by atoms with Crippen molar-refractivity contribution in [2.45, 2.75) is 38.6 Å². The Morgan fingerprint density at radius 3 is 2.81 bits per heavy atom. The van der Waals surface area contributed by atoms with Crippen molar-refractivity contribution in [3.8, 4) is 11.3 Å². The molecule has 8 nitrogen and oxygen atoms in total. The fourth-order valence-corrected chi connectivity index (χ4v) is 4.12. The van der Waals surface area contributed by atoms with Crippen LogP contribution in [-0.4, -0.2) is 44.6 Å². The maximum absolute atomic E-state index is 12.1. The number of nitrogens with one attached hydrogen (secondary N) is 2. The number of rotatable bonds is 5. The van der Waals surface area contributed by atoms with Crippen LogP contribution in [0.1, 0.15) is 44.0 Å². The second kappa shape index (κ2) is 9.13. The second-order valence-corrected chi connectivity index (χ2v) is 8.11. The van der Waals surface area contributed by atoms with Crippen LogP contribution in [-0.2, 0) is 4.79 Å². The number of hydrogen-bond donors (Lipinski definition) is 3. The summed E-state index contributed by atoms with van der Waals surface area (Å²) in [4.78, 5) is 27.9. The molecule has 3 aromatic rings. The molecule has 3 heterocycles. The Morgan fingerprint density at radius 2 is 2.09 bits per heavy atom. The van der Waals surface area contributed by atoms with Gasteiger partial charge in [-0.1, -0.05) is 6.07 Å². The van der Waals surface area contributed by atoms with Crippen molar-refractivity contribution in [2.24, 2.45) is 0 Å². The molecule has 0 unspecified atom stereocenters. The summed E-state index contributed by atoms with van der Waals surface area (Å²) in [6, 6.07) is 11.4. The molecule has 32 heavy (non-hydrogen) atoms. The molecule has 0 aliphatic carbocycles. The van der Waals surface area contributed by atoms with E-state index in [0.717, 1.165) is 24.1 Å². The van der Waals surface area contributed by atoms with Gasteiger partial charge in [0.25, 0.3) is 0 Å². The number of anilines is 3. The molecule has 1 saturated heterocycles. The summed E-state index contributed by atoms with van der Waals surface area (Å²) < 4.78 is 0. The number of nitrogens with zero attached hydrogens (tertiary/aromatic N) is 4. The quantitative estimate of drug-likeness (QED) is 0.417. The number of likely N-dealkylation sites (tertiary alicyclic amines) is 1. The van der Waals surface area contributed by atoms with Crippen LogP contribution < -0.4 is 11.1 Å². The molecule has 1 aliphatic heterocycles. The number of hydrogen-bond acceptors (Lipinski definition) is 7. The third-order valence-electron chi connectivity index (χ3n) is 5.90. The topological polar surface area (TPSA) is 121 Å². The van der Waals surface area contributed by atoms with Gasteiger partial charge >= 0.3 is 0 Å². The Labute approximate surface area is 187 Å². The molecule has 1 amide bonds. The van der Waals surface area contributed by atoms with Gasteiger partial charge in [-0.15, -0.1) is 0 Å². The minimum Gasteiger partial charge on any atom is -0.398 e. The Bertz CT molecular complexity index is 1130. The van der Waals surface area contributed by atoms with Gasteiger partial charge in [0.2, 0.25) is 5.91 Å². The van der Waals surface area contributed by atoms with E-state index in [1.807, 2.05) is 35.2 Å². The standard InChI is InChI=1S/C24H27N7O/c1-15-8-9-18(14-31(15)16(2)32)24-29-22(17-5-4-10-27-13-17)11-23(30-24)28-21-7-3-6-20(26)19(21)12-25/h3-7,10-13,15,18,25H,8-9,14,26H2,1-2H3,(H,28,29,30)/t15-,18+/m0/s1. The van der Waals surface area contributed by atoms with E-state index in [-0.39, 0.29) is 17.9 Å². The summed E-state index contributed by atoms with van der Waals surface area (Å²) in [6.45, 7) is 4.28. The third-order valence-corrected chi connectivity index (χ3v) is 5.90. The summed E-state index contributed by atoms with van der Waals surface area (Å²) in [6.07, 6.45) is 6.53. The summed E-state index contributed by atoms with van der Waals surface area (Å²) in [7, 11) is 0. The molecular formula is C24H27N7O. The third kappa shape index (κ3) is 4.44. The summed E-state index contributed by atoms with van der Waals surface area (Å²) in [5.41, 5.74) is 9.49. The number of amides is 1. The van der Waals surface area contributed by atoms with Crippen LogP contribution in [0.4, 0.5) is 17.2 Å². The van der Waals surface area contributed by atoms with Crippen LogP contribution in [0, 0.1) is 5.41 Å². The normalized spacial score (nSPS) is 18.2. The second-order valence-electron chi connectivity index (χ2n) is 8.11. The Balaban J connectivity index is 1.75. The van der Waals surface area contributed by atoms with Crippen molar-refractivity contribution >= 4 is 29.3 Å². The highest BCUT2D eigenvalue weighted by Crippen LogP contribution is 2.32. The monoisotopic (exact) mass is 429 g/mol. The lowest BCUT2D eigenvalue weighted by molar-refractivity contribution is -0.132. The van der Waals surface area contributed by atoms with E-state index in [2.05, 4.69) is 17.2 Å². The van der Waals surface area contributed by atoms with Crippen LogP contribution in [0.2, 0.25) is 0 Å². The average Bonchev–Trinajstić information content (AvgIpc) is 2.80. The van der Waals surface area contributed by atoms with Gasteiger partial charge in [0.05, 0.1) is 11.4 Å². The van der Waals surface area contributed by atoms with Gasteiger partial charge in [-0.25, -0.2) is 9.97 Å². The van der Waals surface area contributed by atoms with Gasteiger partial charge in [0.1, 0.15) is 11.6 Å². The van der Waals surface area contributed by atoms with E-state index in [1.54, 1.807) is 25.4 Å². The summed E-state index contributed by atoms with van der Waals surface area (Å²) >= 11 is 0. The molecule has 0 spiro atoms. The summed E-state index contributed by atoms with van der Waals surface area (Å²) in [5.74, 6) is 1.40. The lowest BCUT2D eigenvalue weighted by Gasteiger charge is -2.37. The summed E-state index contributed by atoms with van der Waals surface area (Å²) in [5, 5.41) is 11.0. The first-order valence-corrected chi connectivity index (χ1v) is 10.7. The molecule has 1 fully saturated rings. The van der Waals surface area contributed by atoms with Gasteiger partial charge in [-0.05, 0) is 44.0 Å². The lowest BCUT2D eigenvalue weighted by atomic mass is 9.92. The number of pyridine rings is 1. The van der Waals surface area contributed by atoms with Gasteiger partial charge in [-0.2, -0.15) is 0 Å². The van der Waals surface area contributed by atoms with E-state index in [1.165, 1.54) is 6.21 Å². The fourth-order valence-electron chi connectivity index (χ4n) is 4.12. The minimum absolute atomic E-state index is 0.0373. The number of nitrogens with two attached hydrogens (primary N) is 1. The van der Waals surface area contributed by atoms with Crippen LogP contribution >= 0.6 is 0 Å². The largest absolute Gasteiger partial charge is 0.398 e. The number of piperidine rings is 1. The van der Waals surface area contributed by atoms with E-state index >= 15 is 0 Å². The molecule has 0 radical (unpaired) electrons. The van der Waals surface area contributed by atoms with E-state index in [9.17, 15) is 4.79 Å². The van der Waals surface area contributed by atoms with Crippen LogP contribution in [0.15, 0.2) is 48.8 Å². The van der Waals surface area contributed by atoms with E-state index in [4.69, 9.17) is 21.1 Å². The minimum atomic E-state index is 0.0373. The molecular weight excluding hydrogens is 402 g/mol. The smallest absolute Gasteiger partial charge is 0.219 e. The zero-order valence-corrected chi connectivity index (χ0v) is 18.2. The highest BCUT2D eigenvalue weighted by molar-refractivity contribution is 5.93. The van der Waals surface area contributed by atoms with Crippen molar-refractivity contribution in [3.05, 3.63) is 60.2 Å². The van der Waals surface area contributed by atoms with Crippen LogP contribution in [0.25, 0.3) is 11.3 Å². The molecule has 2 atom stereocenters. The molecule has 0 bridgehead atoms. The molecule has 2 aromatic heterocycles. The van der Waals surface area contributed by atoms with Crippen molar-refractivity contribution in [1.29, 1.82) is 5.41 Å².